The summed E-state index contributed by atoms with van der Waals surface area (Å²) in [6, 6.07) is 4.73. The van der Waals surface area contributed by atoms with Crippen LogP contribution in [0.1, 0.15) is 21.5 Å². The normalized spacial score (nSPS) is 10.7. The Morgan fingerprint density at radius 3 is 2.86 bits per heavy atom. The van der Waals surface area contributed by atoms with Gasteiger partial charge in [0.2, 0.25) is 0 Å². The zero-order valence-electron chi connectivity index (χ0n) is 11.4. The van der Waals surface area contributed by atoms with Crippen LogP contribution in [0.15, 0.2) is 36.7 Å². The van der Waals surface area contributed by atoms with E-state index in [4.69, 9.17) is 9.84 Å². The van der Waals surface area contributed by atoms with Gasteiger partial charge in [0.1, 0.15) is 5.75 Å². The number of allylic oxidation sites excluding steroid dienone is 1. The van der Waals surface area contributed by atoms with E-state index in [1.165, 1.54) is 19.3 Å². The van der Waals surface area contributed by atoms with Gasteiger partial charge in [-0.25, -0.2) is 0 Å². The lowest BCUT2D eigenvalue weighted by Crippen LogP contribution is -2.04. The van der Waals surface area contributed by atoms with E-state index in [0.717, 1.165) is 5.56 Å². The number of H-pyrrole nitrogens is 1. The third kappa shape index (κ3) is 3.79. The van der Waals surface area contributed by atoms with Gasteiger partial charge in [-0.1, -0.05) is 0 Å². The van der Waals surface area contributed by atoms with Gasteiger partial charge >= 0.3 is 5.97 Å². The molecule has 1 heterocycles. The SMILES string of the molecule is COc1ccc(C(=O)/C=C/c2cn[nH]c2)cc1CC(=O)O. The Labute approximate surface area is 121 Å². The maximum atomic E-state index is 12.1. The number of hydrogen-bond acceptors (Lipinski definition) is 4. The lowest BCUT2D eigenvalue weighted by atomic mass is 10.0. The number of carboxylic acid groups (broad SMARTS) is 1. The Kier molecular flexibility index (Phi) is 4.50. The molecule has 6 heteroatoms. The molecule has 0 radical (unpaired) electrons. The van der Waals surface area contributed by atoms with Crippen LogP contribution in [0.2, 0.25) is 0 Å². The topological polar surface area (TPSA) is 92.3 Å². The van der Waals surface area contributed by atoms with E-state index in [9.17, 15) is 9.59 Å². The van der Waals surface area contributed by atoms with Crippen LogP contribution in [-0.2, 0) is 11.2 Å². The van der Waals surface area contributed by atoms with Gasteiger partial charge in [0.05, 0.1) is 19.7 Å². The number of rotatable bonds is 6. The van der Waals surface area contributed by atoms with Crippen molar-refractivity contribution in [2.75, 3.05) is 7.11 Å². The van der Waals surface area contributed by atoms with Crippen LogP contribution in [0, 0.1) is 0 Å². The number of aliphatic carboxylic acids is 1. The third-order valence-corrected chi connectivity index (χ3v) is 2.85. The molecule has 1 aromatic carbocycles. The summed E-state index contributed by atoms with van der Waals surface area (Å²) in [5.41, 5.74) is 1.65. The number of carbonyl (C=O) groups is 2. The molecule has 2 N–H and O–H groups in total. The summed E-state index contributed by atoms with van der Waals surface area (Å²) < 4.78 is 5.09. The molecular formula is C15H14N2O4. The molecule has 0 bridgehead atoms. The highest BCUT2D eigenvalue weighted by molar-refractivity contribution is 6.07. The largest absolute Gasteiger partial charge is 0.496 e. The molecule has 0 saturated carbocycles. The Morgan fingerprint density at radius 2 is 2.24 bits per heavy atom. The summed E-state index contributed by atoms with van der Waals surface area (Å²) in [7, 11) is 1.46. The van der Waals surface area contributed by atoms with Crippen molar-refractivity contribution in [3.05, 3.63) is 53.4 Å². The molecule has 0 aliphatic rings. The van der Waals surface area contributed by atoms with Gasteiger partial charge in [-0.05, 0) is 30.4 Å². The van der Waals surface area contributed by atoms with Crippen molar-refractivity contribution < 1.29 is 19.4 Å². The second-order valence-electron chi connectivity index (χ2n) is 4.33. The number of nitrogens with one attached hydrogen (secondary N) is 1. The number of benzene rings is 1. The molecule has 0 aliphatic heterocycles. The van der Waals surface area contributed by atoms with Crippen LogP contribution in [0.4, 0.5) is 0 Å². The Balaban J connectivity index is 2.23. The smallest absolute Gasteiger partial charge is 0.307 e. The van der Waals surface area contributed by atoms with E-state index in [-0.39, 0.29) is 12.2 Å². The predicted octanol–water partition coefficient (Wildman–Crippen LogP) is 1.94. The Bertz CT molecular complexity index is 675. The molecule has 108 valence electrons. The molecule has 0 amide bonds. The lowest BCUT2D eigenvalue weighted by molar-refractivity contribution is -0.136. The van der Waals surface area contributed by atoms with Crippen molar-refractivity contribution in [2.24, 2.45) is 0 Å². The van der Waals surface area contributed by atoms with Gasteiger partial charge < -0.3 is 9.84 Å². The van der Waals surface area contributed by atoms with Crippen LogP contribution in [-0.4, -0.2) is 34.2 Å². The molecule has 0 fully saturated rings. The molecule has 21 heavy (non-hydrogen) atoms. The zero-order chi connectivity index (χ0) is 15.2. The monoisotopic (exact) mass is 286 g/mol. The number of aromatic amines is 1. The predicted molar refractivity (Wildman–Crippen MR) is 76.3 cm³/mol. The molecule has 0 unspecified atom stereocenters. The van der Waals surface area contributed by atoms with E-state index in [0.29, 0.717) is 16.9 Å². The van der Waals surface area contributed by atoms with Crippen molar-refractivity contribution in [1.29, 1.82) is 0 Å². The zero-order valence-corrected chi connectivity index (χ0v) is 11.4. The Hall–Kier alpha value is -2.89. The number of carboxylic acids is 1. The van der Waals surface area contributed by atoms with Crippen molar-refractivity contribution in [3.8, 4) is 5.75 Å². The summed E-state index contributed by atoms with van der Waals surface area (Å²) in [5.74, 6) is -0.745. The summed E-state index contributed by atoms with van der Waals surface area (Å²) in [6.45, 7) is 0. The molecule has 0 saturated heterocycles. The maximum Gasteiger partial charge on any atom is 0.307 e. The average Bonchev–Trinajstić information content (AvgIpc) is 2.97. The summed E-state index contributed by atoms with van der Waals surface area (Å²) >= 11 is 0. The summed E-state index contributed by atoms with van der Waals surface area (Å²) in [6.07, 6.45) is 6.10. The molecule has 2 rings (SSSR count). The number of carbonyl (C=O) groups excluding carboxylic acids is 1. The molecule has 1 aromatic heterocycles. The van der Waals surface area contributed by atoms with E-state index in [1.54, 1.807) is 30.6 Å². The first kappa shape index (κ1) is 14.5. The molecule has 0 aliphatic carbocycles. The van der Waals surface area contributed by atoms with Crippen molar-refractivity contribution in [1.82, 2.24) is 10.2 Å². The van der Waals surface area contributed by atoms with E-state index < -0.39 is 5.97 Å². The highest BCUT2D eigenvalue weighted by Gasteiger charge is 2.11. The lowest BCUT2D eigenvalue weighted by Gasteiger charge is -2.07. The average molecular weight is 286 g/mol. The van der Waals surface area contributed by atoms with Gasteiger partial charge in [-0.3, -0.25) is 14.7 Å². The minimum Gasteiger partial charge on any atom is -0.496 e. The molecular weight excluding hydrogens is 272 g/mol. The first-order valence-electron chi connectivity index (χ1n) is 6.20. The standard InChI is InChI=1S/C15H14N2O4/c1-21-14-5-3-11(6-12(14)7-15(19)20)13(18)4-2-10-8-16-17-9-10/h2-6,8-9H,7H2,1H3,(H,16,17)(H,19,20)/b4-2+. The van der Waals surface area contributed by atoms with Gasteiger partial charge in [0.15, 0.2) is 5.78 Å². The fourth-order valence-corrected chi connectivity index (χ4v) is 1.85. The number of ether oxygens (including phenoxy) is 1. The molecule has 0 atom stereocenters. The van der Waals surface area contributed by atoms with Crippen LogP contribution in [0.25, 0.3) is 6.08 Å². The van der Waals surface area contributed by atoms with Crippen LogP contribution >= 0.6 is 0 Å². The van der Waals surface area contributed by atoms with Crippen molar-refractivity contribution in [3.63, 3.8) is 0 Å². The quantitative estimate of drug-likeness (QED) is 0.625. The summed E-state index contributed by atoms with van der Waals surface area (Å²) in [5, 5.41) is 15.3. The third-order valence-electron chi connectivity index (χ3n) is 2.85. The fraction of sp³-hybridized carbons (Fsp3) is 0.133. The number of ketones is 1. The highest BCUT2D eigenvalue weighted by Crippen LogP contribution is 2.21. The Morgan fingerprint density at radius 1 is 1.43 bits per heavy atom. The van der Waals surface area contributed by atoms with Gasteiger partial charge in [-0.15, -0.1) is 0 Å². The molecule has 2 aromatic rings. The molecule has 0 spiro atoms. The highest BCUT2D eigenvalue weighted by atomic mass is 16.5. The van der Waals surface area contributed by atoms with Crippen molar-refractivity contribution >= 4 is 17.8 Å². The van der Waals surface area contributed by atoms with Crippen molar-refractivity contribution in [2.45, 2.75) is 6.42 Å². The van der Waals surface area contributed by atoms with E-state index >= 15 is 0 Å². The first-order valence-corrected chi connectivity index (χ1v) is 6.20. The number of methoxy groups -OCH3 is 1. The van der Waals surface area contributed by atoms with Crippen LogP contribution < -0.4 is 4.74 Å². The number of aromatic nitrogens is 2. The number of nitrogens with zero attached hydrogens (tertiary/aromatic N) is 1. The first-order chi connectivity index (χ1) is 10.1. The van der Waals surface area contributed by atoms with Crippen LogP contribution in [0.3, 0.4) is 0 Å². The van der Waals surface area contributed by atoms with Gasteiger partial charge in [0, 0.05) is 22.9 Å². The second kappa shape index (κ2) is 6.51. The number of hydrogen-bond donors (Lipinski definition) is 2. The van der Waals surface area contributed by atoms with Gasteiger partial charge in [-0.2, -0.15) is 5.10 Å². The van der Waals surface area contributed by atoms with E-state index in [2.05, 4.69) is 10.2 Å². The minimum atomic E-state index is -0.980. The minimum absolute atomic E-state index is 0.199. The second-order valence-corrected chi connectivity index (χ2v) is 4.33. The van der Waals surface area contributed by atoms with Gasteiger partial charge in [0.25, 0.3) is 0 Å². The van der Waals surface area contributed by atoms with Crippen LogP contribution in [0.5, 0.6) is 5.75 Å². The summed E-state index contributed by atoms with van der Waals surface area (Å²) in [4.78, 5) is 22.9. The maximum absolute atomic E-state index is 12.1. The fourth-order valence-electron chi connectivity index (χ4n) is 1.85. The molecule has 6 nitrogen and oxygen atoms in total. The van der Waals surface area contributed by atoms with E-state index in [1.807, 2.05) is 0 Å².